The van der Waals surface area contributed by atoms with E-state index in [-0.39, 0.29) is 13.4 Å². The molecule has 0 atom stereocenters. The molecule has 3 heterocycles. The first-order chi connectivity index (χ1) is 28.8. The molecule has 0 saturated carbocycles. The van der Waals surface area contributed by atoms with Crippen LogP contribution in [0, 0.1) is 41.5 Å². The number of nitrogens with zero attached hydrogens (tertiary/aromatic N) is 1. The molecule has 1 aliphatic carbocycles. The molecule has 8 aromatic carbocycles. The number of para-hydroxylation sites is 3. The smallest absolute Gasteiger partial charge is 0.251 e. The average Bonchev–Trinajstić information content (AvgIpc) is 3.52. The topological polar surface area (TPSA) is 12.5 Å². The van der Waals surface area contributed by atoms with Crippen LogP contribution >= 0.6 is 0 Å². The SMILES string of the molecule is Cc1cc(C)c(B2c3ccccc3Oc3cc4c(cc32)N2c3ccccc3C3(c5ccccc5-c5ccccc53)c3cccc(c32)B4c2c(C)cc(C)cc2C)c(C)c1. The summed E-state index contributed by atoms with van der Waals surface area (Å²) in [6, 6.07) is 57.7. The maximum absolute atomic E-state index is 7.06. The molecular formula is C55H43B2NO. The summed E-state index contributed by atoms with van der Waals surface area (Å²) in [5.41, 5.74) is 26.9. The van der Waals surface area contributed by atoms with Gasteiger partial charge in [-0.05, 0) is 121 Å². The lowest BCUT2D eigenvalue weighted by Gasteiger charge is -2.49. The Morgan fingerprint density at radius 2 is 0.915 bits per heavy atom. The first-order valence-electron chi connectivity index (χ1n) is 21.1. The number of fused-ring (bicyclic) bond motifs is 13. The zero-order chi connectivity index (χ0) is 39.9. The summed E-state index contributed by atoms with van der Waals surface area (Å²) in [4.78, 5) is 2.63. The monoisotopic (exact) mass is 755 g/mol. The van der Waals surface area contributed by atoms with Gasteiger partial charge in [-0.3, -0.25) is 0 Å². The van der Waals surface area contributed by atoms with Crippen molar-refractivity contribution in [3.05, 3.63) is 207 Å². The van der Waals surface area contributed by atoms with Crippen LogP contribution in [-0.2, 0) is 5.41 Å². The van der Waals surface area contributed by atoms with Crippen molar-refractivity contribution in [2.75, 3.05) is 4.90 Å². The second kappa shape index (κ2) is 12.3. The number of rotatable bonds is 2. The summed E-state index contributed by atoms with van der Waals surface area (Å²) in [6.07, 6.45) is 0. The van der Waals surface area contributed by atoms with Gasteiger partial charge in [0.05, 0.1) is 11.1 Å². The standard InChI is InChI=1S/C55H43B2NO/c1-32-26-34(3)52(35(4)27-32)56-44-22-12-14-25-50(44)59-51-31-46-49(30-47(51)56)58-48-24-13-11-20-42(48)55(40-18-9-7-16-38(40)39-17-8-10-19-41(39)55)43-21-15-23-45(54(43)58)57(46)53-36(5)28-33(2)29-37(53)6/h7-31H,1-6H3. The van der Waals surface area contributed by atoms with Crippen LogP contribution in [0.2, 0.25) is 0 Å². The number of hydrogen-bond donors (Lipinski definition) is 0. The number of aryl methyl sites for hydroxylation is 6. The van der Waals surface area contributed by atoms with Crippen molar-refractivity contribution in [3.8, 4) is 22.6 Å². The number of anilines is 3. The Kier molecular flexibility index (Phi) is 7.17. The highest BCUT2D eigenvalue weighted by Gasteiger charge is 2.54. The van der Waals surface area contributed by atoms with E-state index in [1.807, 2.05) is 0 Å². The fourth-order valence-electron chi connectivity index (χ4n) is 12.2. The van der Waals surface area contributed by atoms with Crippen LogP contribution in [0.15, 0.2) is 152 Å². The molecule has 0 aromatic heterocycles. The van der Waals surface area contributed by atoms with Gasteiger partial charge >= 0.3 is 0 Å². The van der Waals surface area contributed by atoms with E-state index in [1.54, 1.807) is 0 Å². The molecule has 12 rings (SSSR count). The maximum Gasteiger partial charge on any atom is 0.251 e. The van der Waals surface area contributed by atoms with E-state index in [4.69, 9.17) is 4.74 Å². The Bertz CT molecular complexity index is 3050. The van der Waals surface area contributed by atoms with Crippen LogP contribution in [0.5, 0.6) is 11.5 Å². The highest BCUT2D eigenvalue weighted by molar-refractivity contribution is 7.00. The van der Waals surface area contributed by atoms with Gasteiger partial charge < -0.3 is 9.64 Å². The molecule has 8 aromatic rings. The van der Waals surface area contributed by atoms with Gasteiger partial charge in [0, 0.05) is 11.4 Å². The third-order valence-electron chi connectivity index (χ3n) is 14.0. The molecule has 0 amide bonds. The zero-order valence-electron chi connectivity index (χ0n) is 34.4. The average molecular weight is 756 g/mol. The molecule has 0 bridgehead atoms. The van der Waals surface area contributed by atoms with E-state index in [0.29, 0.717) is 0 Å². The summed E-state index contributed by atoms with van der Waals surface area (Å²) in [5.74, 6) is 1.88. The molecule has 59 heavy (non-hydrogen) atoms. The Morgan fingerprint density at radius 3 is 1.56 bits per heavy atom. The van der Waals surface area contributed by atoms with Crippen molar-refractivity contribution in [1.29, 1.82) is 0 Å². The van der Waals surface area contributed by atoms with E-state index in [2.05, 4.69) is 198 Å². The Labute approximate surface area is 348 Å². The van der Waals surface area contributed by atoms with E-state index in [1.165, 1.54) is 117 Å². The normalized spacial score (nSPS) is 14.4. The van der Waals surface area contributed by atoms with Crippen molar-refractivity contribution >= 4 is 63.3 Å². The fourth-order valence-corrected chi connectivity index (χ4v) is 12.2. The Balaban J connectivity index is 1.22. The molecule has 4 aliphatic rings. The molecule has 0 saturated heterocycles. The van der Waals surface area contributed by atoms with Crippen molar-refractivity contribution < 1.29 is 4.74 Å². The molecular weight excluding hydrogens is 712 g/mol. The van der Waals surface area contributed by atoms with Crippen molar-refractivity contribution in [2.45, 2.75) is 47.0 Å². The second-order valence-electron chi connectivity index (χ2n) is 17.5. The van der Waals surface area contributed by atoms with Gasteiger partial charge in [-0.2, -0.15) is 0 Å². The van der Waals surface area contributed by atoms with Crippen LogP contribution in [-0.4, -0.2) is 13.4 Å². The van der Waals surface area contributed by atoms with Gasteiger partial charge in [-0.25, -0.2) is 0 Å². The lowest BCUT2D eigenvalue weighted by Crippen LogP contribution is -2.62. The highest BCUT2D eigenvalue weighted by atomic mass is 16.5. The third-order valence-corrected chi connectivity index (χ3v) is 14.0. The molecule has 3 aliphatic heterocycles. The summed E-state index contributed by atoms with van der Waals surface area (Å²) in [7, 11) is 0. The van der Waals surface area contributed by atoms with Crippen LogP contribution in [0.3, 0.4) is 0 Å². The van der Waals surface area contributed by atoms with Crippen LogP contribution in [0.25, 0.3) is 11.1 Å². The number of ether oxygens (including phenoxy) is 1. The van der Waals surface area contributed by atoms with E-state index in [9.17, 15) is 0 Å². The predicted octanol–water partition coefficient (Wildman–Crippen LogP) is 9.13. The quantitative estimate of drug-likeness (QED) is 0.163. The van der Waals surface area contributed by atoms with Crippen molar-refractivity contribution in [3.63, 3.8) is 0 Å². The fraction of sp³-hybridized carbons (Fsp3) is 0.127. The van der Waals surface area contributed by atoms with Gasteiger partial charge in [0.1, 0.15) is 11.5 Å². The lowest BCUT2D eigenvalue weighted by molar-refractivity contribution is 0.488. The Morgan fingerprint density at radius 1 is 0.407 bits per heavy atom. The zero-order valence-corrected chi connectivity index (χ0v) is 34.4. The second-order valence-corrected chi connectivity index (χ2v) is 17.5. The number of benzene rings is 8. The van der Waals surface area contributed by atoms with E-state index < -0.39 is 5.41 Å². The van der Waals surface area contributed by atoms with E-state index >= 15 is 0 Å². The first-order valence-corrected chi connectivity index (χ1v) is 21.1. The molecule has 2 nitrogen and oxygen atoms in total. The summed E-state index contributed by atoms with van der Waals surface area (Å²) in [5, 5.41) is 0. The largest absolute Gasteiger partial charge is 0.458 e. The highest BCUT2D eigenvalue weighted by Crippen LogP contribution is 2.63. The van der Waals surface area contributed by atoms with Gasteiger partial charge in [-0.1, -0.05) is 172 Å². The maximum atomic E-state index is 7.06. The molecule has 1 spiro atoms. The van der Waals surface area contributed by atoms with Gasteiger partial charge in [0.15, 0.2) is 0 Å². The summed E-state index contributed by atoms with van der Waals surface area (Å²) in [6.45, 7) is 13.6. The molecule has 280 valence electrons. The third kappa shape index (κ3) is 4.50. The number of hydrogen-bond acceptors (Lipinski definition) is 2. The minimum atomic E-state index is -0.486. The molecule has 0 unspecified atom stereocenters. The molecule has 0 radical (unpaired) electrons. The van der Waals surface area contributed by atoms with Crippen molar-refractivity contribution in [2.24, 2.45) is 0 Å². The molecule has 0 fully saturated rings. The van der Waals surface area contributed by atoms with Crippen LogP contribution < -0.4 is 42.4 Å². The van der Waals surface area contributed by atoms with E-state index in [0.717, 1.165) is 11.5 Å². The molecule has 4 heteroatoms. The summed E-state index contributed by atoms with van der Waals surface area (Å²) < 4.78 is 7.06. The van der Waals surface area contributed by atoms with Crippen LogP contribution in [0.1, 0.15) is 55.6 Å². The first kappa shape index (κ1) is 34.5. The predicted molar refractivity (Wildman–Crippen MR) is 249 cm³/mol. The van der Waals surface area contributed by atoms with Gasteiger partial charge in [-0.15, -0.1) is 0 Å². The van der Waals surface area contributed by atoms with Crippen LogP contribution in [0.4, 0.5) is 17.1 Å². The minimum Gasteiger partial charge on any atom is -0.458 e. The molecule has 0 N–H and O–H groups in total. The van der Waals surface area contributed by atoms with Gasteiger partial charge in [0.2, 0.25) is 6.71 Å². The van der Waals surface area contributed by atoms with Crippen molar-refractivity contribution in [1.82, 2.24) is 0 Å². The van der Waals surface area contributed by atoms with Gasteiger partial charge in [0.25, 0.3) is 6.71 Å². The minimum absolute atomic E-state index is 0.0127. The summed E-state index contributed by atoms with van der Waals surface area (Å²) >= 11 is 0. The lowest BCUT2D eigenvalue weighted by atomic mass is 9.31. The Hall–Kier alpha value is -6.51.